The molecule has 1 aliphatic rings. The third-order valence-electron chi connectivity index (χ3n) is 1.81. The molecule has 1 aliphatic heterocycles. The zero-order chi connectivity index (χ0) is 8.97. The molecule has 86 valence electrons. The lowest BCUT2D eigenvalue weighted by atomic mass is 10.0. The van der Waals surface area contributed by atoms with E-state index in [1.807, 2.05) is 34.4 Å². The Hall–Kier alpha value is -1.33. The maximum Gasteiger partial charge on any atom is 0.129 e. The van der Waals surface area contributed by atoms with Gasteiger partial charge in [-0.2, -0.15) is 0 Å². The molecule has 0 unspecified atom stereocenters. The lowest BCUT2D eigenvalue weighted by Crippen LogP contribution is -2.38. The van der Waals surface area contributed by atoms with Crippen molar-refractivity contribution in [1.82, 2.24) is 9.80 Å². The van der Waals surface area contributed by atoms with Crippen LogP contribution in [0.25, 0.3) is 0 Å². The first-order valence-corrected chi connectivity index (χ1v) is 3.96. The Bertz CT molecular complexity index is 192. The van der Waals surface area contributed by atoms with Crippen LogP contribution < -0.4 is 0 Å². The Morgan fingerprint density at radius 3 is 1.60 bits per heavy atom. The van der Waals surface area contributed by atoms with Gasteiger partial charge in [-0.1, -0.05) is 12.2 Å². The smallest absolute Gasteiger partial charge is 0.129 e. The lowest BCUT2D eigenvalue weighted by molar-refractivity contribution is 0.256. The van der Waals surface area contributed by atoms with Crippen molar-refractivity contribution in [2.75, 3.05) is 13.1 Å². The minimum atomic E-state index is -0.0685. The predicted octanol–water partition coefficient (Wildman–Crippen LogP) is 1.36. The van der Waals surface area contributed by atoms with Gasteiger partial charge >= 0.3 is 0 Å². The Morgan fingerprint density at radius 2 is 1.33 bits per heavy atom. The van der Waals surface area contributed by atoms with Gasteiger partial charge in [-0.05, 0) is 0 Å². The van der Waals surface area contributed by atoms with Crippen LogP contribution in [0.3, 0.4) is 0 Å². The van der Waals surface area contributed by atoms with Crippen molar-refractivity contribution in [3.05, 3.63) is 37.7 Å². The summed E-state index contributed by atoms with van der Waals surface area (Å²) in [6.45, 7) is 8.89. The van der Waals surface area contributed by atoms with E-state index >= 15 is 0 Å². The van der Waals surface area contributed by atoms with Gasteiger partial charge in [0.25, 0.3) is 0 Å². The molecule has 0 aromatic rings. The molecule has 0 amide bonds. The molecule has 2 nitrogen and oxygen atoms in total. The molecule has 0 atom stereocenters. The van der Waals surface area contributed by atoms with E-state index in [0.29, 0.717) is 0 Å². The number of hydrogen-bond acceptors (Lipinski definition) is 2. The molecule has 2 radical (unpaired) electrons. The van der Waals surface area contributed by atoms with Crippen molar-refractivity contribution in [2.45, 2.75) is 6.07 Å². The molecule has 0 saturated carbocycles. The second-order valence-corrected chi connectivity index (χ2v) is 2.68. The van der Waals surface area contributed by atoms with Crippen LogP contribution in [0, 0.1) is 0 Å². The quantitative estimate of drug-likeness (QED) is 0.521. The summed E-state index contributed by atoms with van der Waals surface area (Å²) in [5.41, 5.74) is 0. The Kier molecular flexibility index (Phi) is 11.9. The van der Waals surface area contributed by atoms with Crippen LogP contribution in [0.1, 0.15) is 0 Å². The first-order valence-electron chi connectivity index (χ1n) is 3.96. The van der Waals surface area contributed by atoms with Crippen molar-refractivity contribution in [1.29, 1.82) is 0 Å². The molecule has 0 bridgehead atoms. The van der Waals surface area contributed by atoms with Crippen molar-refractivity contribution >= 4 is 7.85 Å². The van der Waals surface area contributed by atoms with Crippen molar-refractivity contribution < 1.29 is 14.1 Å². The summed E-state index contributed by atoms with van der Waals surface area (Å²) in [6.07, 6.45) is 7.61. The lowest BCUT2D eigenvalue weighted by Gasteiger charge is -2.28. The largest absolute Gasteiger partial charge is 0.361 e. The maximum atomic E-state index is 5.89. The Morgan fingerprint density at radius 1 is 1.00 bits per heavy atom. The van der Waals surface area contributed by atoms with Crippen LogP contribution in [-0.2, 0) is 0 Å². The third-order valence-corrected chi connectivity index (χ3v) is 1.81. The number of rotatable bonds is 4. The second-order valence-electron chi connectivity index (χ2n) is 2.68. The molecular weight excluding hydrogens is 204 g/mol. The highest BCUT2D eigenvalue weighted by Gasteiger charge is 2.18. The van der Waals surface area contributed by atoms with E-state index in [9.17, 15) is 0 Å². The van der Waals surface area contributed by atoms with Gasteiger partial charge in [0.05, 0.1) is 6.07 Å². The number of hydrogen-bond donors (Lipinski definition) is 0. The minimum Gasteiger partial charge on any atom is -0.361 e. The molecule has 0 spiro atoms. The predicted molar refractivity (Wildman–Crippen MR) is 60.0 cm³/mol. The molecule has 0 aliphatic carbocycles. The van der Waals surface area contributed by atoms with Crippen LogP contribution in [-0.4, -0.2) is 36.8 Å². The monoisotopic (exact) mass is 220 g/mol. The normalized spacial score (nSPS) is 13.6. The van der Waals surface area contributed by atoms with Crippen LogP contribution in [0.5, 0.6) is 0 Å². The van der Waals surface area contributed by atoms with Crippen LogP contribution in [0.15, 0.2) is 37.7 Å². The van der Waals surface area contributed by atoms with Crippen molar-refractivity contribution in [2.24, 2.45) is 0 Å². The highest BCUT2D eigenvalue weighted by atomic mass is 19.0. The van der Waals surface area contributed by atoms with Crippen LogP contribution in [0.4, 0.5) is 14.1 Å². The maximum absolute atomic E-state index is 5.89. The molecule has 1 rings (SSSR count). The fourth-order valence-corrected chi connectivity index (χ4v) is 1.17. The molecule has 0 fully saturated rings. The Labute approximate surface area is 89.4 Å². The van der Waals surface area contributed by atoms with E-state index in [0.717, 1.165) is 13.1 Å². The summed E-state index contributed by atoms with van der Waals surface area (Å²) in [7, 11) is 5.89. The molecule has 0 saturated heterocycles. The van der Waals surface area contributed by atoms with Gasteiger partial charge in [0, 0.05) is 25.5 Å². The molecule has 6 heteroatoms. The fourth-order valence-electron chi connectivity index (χ4n) is 1.17. The fraction of sp³-hybridized carbons (Fsp3) is 0.333. The molecule has 0 aromatic heterocycles. The third kappa shape index (κ3) is 4.62. The molecule has 15 heavy (non-hydrogen) atoms. The van der Waals surface area contributed by atoms with E-state index < -0.39 is 0 Å². The molecule has 0 N–H and O–H groups in total. The van der Waals surface area contributed by atoms with E-state index in [1.54, 1.807) is 0 Å². The average molecular weight is 220 g/mol. The van der Waals surface area contributed by atoms with Gasteiger partial charge < -0.3 is 9.80 Å². The van der Waals surface area contributed by atoms with Gasteiger partial charge in [-0.3, -0.25) is 14.1 Å². The van der Waals surface area contributed by atoms with Crippen LogP contribution >= 0.6 is 0 Å². The summed E-state index contributed by atoms with van der Waals surface area (Å²) in [5.74, 6) is 0. The van der Waals surface area contributed by atoms with Gasteiger partial charge in [-0.15, -0.1) is 13.2 Å². The van der Waals surface area contributed by atoms with Gasteiger partial charge in [0.2, 0.25) is 0 Å². The van der Waals surface area contributed by atoms with Crippen molar-refractivity contribution in [3.8, 4) is 0 Å². The zero-order valence-corrected chi connectivity index (χ0v) is 8.41. The van der Waals surface area contributed by atoms with Crippen LogP contribution in [0.2, 0.25) is 0 Å². The highest BCUT2D eigenvalue weighted by molar-refractivity contribution is 6.11. The molecular formula is C9H16BF3N2. The summed E-state index contributed by atoms with van der Waals surface area (Å²) in [6, 6.07) is -0.0685. The van der Waals surface area contributed by atoms with E-state index in [-0.39, 0.29) is 20.2 Å². The van der Waals surface area contributed by atoms with E-state index in [2.05, 4.69) is 13.2 Å². The Balaban J connectivity index is -0.000000480. The standard InChI is InChI=1S/C9H13BN2.3FH/c1-3-5-11-7-8-12(6-4-2)9(11)10;;;/h3-4,7-9H,1-2,5-6H2;3*1H. The SMILES string of the molecule is F.F.F.[B]C1N(CC=C)C=CN1CC=C. The van der Waals surface area contributed by atoms with Gasteiger partial charge in [0.15, 0.2) is 0 Å². The highest BCUT2D eigenvalue weighted by Crippen LogP contribution is 2.12. The van der Waals surface area contributed by atoms with Gasteiger partial charge in [-0.25, -0.2) is 0 Å². The van der Waals surface area contributed by atoms with Crippen molar-refractivity contribution in [3.63, 3.8) is 0 Å². The first kappa shape index (κ1) is 19.3. The number of halogens is 3. The molecule has 0 aromatic carbocycles. The average Bonchev–Trinajstić information content (AvgIpc) is 2.38. The molecule has 1 heterocycles. The summed E-state index contributed by atoms with van der Waals surface area (Å²) in [5, 5.41) is 0. The van der Waals surface area contributed by atoms with E-state index in [1.165, 1.54) is 0 Å². The minimum absolute atomic E-state index is 0. The number of nitrogens with zero attached hydrogens (tertiary/aromatic N) is 2. The second kappa shape index (κ2) is 9.24. The summed E-state index contributed by atoms with van der Waals surface area (Å²) < 4.78 is 0. The van der Waals surface area contributed by atoms with Gasteiger partial charge in [0.1, 0.15) is 7.85 Å². The summed E-state index contributed by atoms with van der Waals surface area (Å²) in [4.78, 5) is 4.02. The first-order chi connectivity index (χ1) is 5.79. The zero-order valence-electron chi connectivity index (χ0n) is 8.41. The summed E-state index contributed by atoms with van der Waals surface area (Å²) >= 11 is 0. The van der Waals surface area contributed by atoms with E-state index in [4.69, 9.17) is 7.85 Å². The topological polar surface area (TPSA) is 6.48 Å².